The molecule has 1 aliphatic rings. The summed E-state index contributed by atoms with van der Waals surface area (Å²) in [7, 11) is 0. The number of hydrogen-bond donors (Lipinski definition) is 1. The number of halogens is 1. The van der Waals surface area contributed by atoms with Crippen molar-refractivity contribution in [2.75, 3.05) is 6.61 Å². The first kappa shape index (κ1) is 25.3. The highest BCUT2D eigenvalue weighted by atomic mass is 35.5. The van der Waals surface area contributed by atoms with E-state index in [1.54, 1.807) is 18.2 Å². The summed E-state index contributed by atoms with van der Waals surface area (Å²) in [5.41, 5.74) is 3.25. The summed E-state index contributed by atoms with van der Waals surface area (Å²) in [6, 6.07) is 13.1. The molecule has 0 bridgehead atoms. The SMILES string of the molecule is C=C(C)[C@H]1C[C@@H](c2ccc(Cl)cc2)[C@H](CCC)O[C@@H]1c1cc(C(=O)O)ccc1OCC(C)C. The molecule has 1 heterocycles. The molecule has 0 saturated carbocycles. The van der Waals surface area contributed by atoms with E-state index < -0.39 is 5.97 Å². The normalized spacial score (nSPS) is 22.8. The van der Waals surface area contributed by atoms with Crippen LogP contribution in [0.4, 0.5) is 0 Å². The number of carboxylic acids is 1. The van der Waals surface area contributed by atoms with Crippen molar-refractivity contribution in [3.05, 3.63) is 76.3 Å². The van der Waals surface area contributed by atoms with Crippen molar-refractivity contribution in [1.29, 1.82) is 0 Å². The maximum absolute atomic E-state index is 11.8. The van der Waals surface area contributed by atoms with Gasteiger partial charge in [0.15, 0.2) is 0 Å². The Morgan fingerprint density at radius 2 is 1.94 bits per heavy atom. The van der Waals surface area contributed by atoms with Crippen molar-refractivity contribution in [1.82, 2.24) is 0 Å². The average molecular weight is 471 g/mol. The minimum atomic E-state index is -0.960. The zero-order valence-electron chi connectivity index (χ0n) is 20.0. The molecule has 3 rings (SSSR count). The van der Waals surface area contributed by atoms with Crippen molar-refractivity contribution in [2.45, 2.75) is 65.1 Å². The van der Waals surface area contributed by atoms with Crippen LogP contribution in [0.25, 0.3) is 0 Å². The topological polar surface area (TPSA) is 55.8 Å². The quantitative estimate of drug-likeness (QED) is 0.382. The Bertz CT molecular complexity index is 966. The van der Waals surface area contributed by atoms with Gasteiger partial charge in [-0.1, -0.05) is 63.1 Å². The maximum Gasteiger partial charge on any atom is 0.335 e. The van der Waals surface area contributed by atoms with E-state index in [0.29, 0.717) is 23.3 Å². The molecular weight excluding hydrogens is 436 g/mol. The molecule has 1 fully saturated rings. The highest BCUT2D eigenvalue weighted by Crippen LogP contribution is 2.49. The smallest absolute Gasteiger partial charge is 0.335 e. The summed E-state index contributed by atoms with van der Waals surface area (Å²) in [6.45, 7) is 13.2. The van der Waals surface area contributed by atoms with Gasteiger partial charge in [-0.05, 0) is 61.6 Å². The number of rotatable bonds is 9. The first-order valence-electron chi connectivity index (χ1n) is 11.8. The molecule has 2 aromatic carbocycles. The Balaban J connectivity index is 2.03. The molecule has 4 atom stereocenters. The summed E-state index contributed by atoms with van der Waals surface area (Å²) in [5.74, 6) is 0.319. The number of aromatic carboxylic acids is 1. The van der Waals surface area contributed by atoms with Crippen LogP contribution in [-0.2, 0) is 4.74 Å². The largest absolute Gasteiger partial charge is 0.493 e. The summed E-state index contributed by atoms with van der Waals surface area (Å²) >= 11 is 6.13. The molecule has 1 aliphatic heterocycles. The van der Waals surface area contributed by atoms with Crippen LogP contribution in [0.5, 0.6) is 5.75 Å². The second-order valence-corrected chi connectivity index (χ2v) is 9.93. The second kappa shape index (κ2) is 11.2. The van der Waals surface area contributed by atoms with Crippen molar-refractivity contribution >= 4 is 17.6 Å². The number of benzene rings is 2. The minimum Gasteiger partial charge on any atom is -0.493 e. The van der Waals surface area contributed by atoms with Gasteiger partial charge < -0.3 is 14.6 Å². The Kier molecular flexibility index (Phi) is 8.61. The molecule has 5 heteroatoms. The number of carboxylic acid groups (broad SMARTS) is 1. The van der Waals surface area contributed by atoms with Crippen LogP contribution in [0.2, 0.25) is 5.02 Å². The molecule has 0 amide bonds. The fourth-order valence-electron chi connectivity index (χ4n) is 4.58. The molecule has 0 spiro atoms. The van der Waals surface area contributed by atoms with Crippen LogP contribution in [0.15, 0.2) is 54.6 Å². The number of hydrogen-bond acceptors (Lipinski definition) is 3. The van der Waals surface area contributed by atoms with Gasteiger partial charge in [0.05, 0.1) is 24.4 Å². The van der Waals surface area contributed by atoms with Gasteiger partial charge in [-0.15, -0.1) is 0 Å². The van der Waals surface area contributed by atoms with E-state index in [0.717, 1.165) is 30.4 Å². The first-order chi connectivity index (χ1) is 15.7. The van der Waals surface area contributed by atoms with Crippen LogP contribution >= 0.6 is 11.6 Å². The number of carbonyl (C=O) groups is 1. The van der Waals surface area contributed by atoms with Gasteiger partial charge in [0.2, 0.25) is 0 Å². The van der Waals surface area contributed by atoms with Gasteiger partial charge in [0.25, 0.3) is 0 Å². The van der Waals surface area contributed by atoms with Crippen LogP contribution < -0.4 is 4.74 Å². The summed E-state index contributed by atoms with van der Waals surface area (Å²) < 4.78 is 12.9. The Morgan fingerprint density at radius 1 is 1.24 bits per heavy atom. The van der Waals surface area contributed by atoms with Crippen molar-refractivity contribution in [3.63, 3.8) is 0 Å². The molecule has 1 N–H and O–H groups in total. The monoisotopic (exact) mass is 470 g/mol. The van der Waals surface area contributed by atoms with Gasteiger partial charge in [-0.25, -0.2) is 4.79 Å². The van der Waals surface area contributed by atoms with Crippen LogP contribution in [0, 0.1) is 11.8 Å². The molecule has 33 heavy (non-hydrogen) atoms. The van der Waals surface area contributed by atoms with Crippen LogP contribution in [-0.4, -0.2) is 23.8 Å². The number of ether oxygens (including phenoxy) is 2. The lowest BCUT2D eigenvalue weighted by Gasteiger charge is -2.43. The van der Waals surface area contributed by atoms with E-state index in [2.05, 4.69) is 39.5 Å². The van der Waals surface area contributed by atoms with E-state index in [9.17, 15) is 9.90 Å². The minimum absolute atomic E-state index is 0.00297. The van der Waals surface area contributed by atoms with Crippen LogP contribution in [0.1, 0.15) is 80.5 Å². The highest BCUT2D eigenvalue weighted by molar-refractivity contribution is 6.30. The Labute approximate surface area is 202 Å². The molecular formula is C28H35ClO4. The fraction of sp³-hybridized carbons (Fsp3) is 0.464. The summed E-state index contributed by atoms with van der Waals surface area (Å²) in [5, 5.41) is 10.3. The first-order valence-corrected chi connectivity index (χ1v) is 12.1. The highest BCUT2D eigenvalue weighted by Gasteiger charge is 2.40. The van der Waals surface area contributed by atoms with E-state index >= 15 is 0 Å². The molecule has 0 aromatic heterocycles. The summed E-state index contributed by atoms with van der Waals surface area (Å²) in [4.78, 5) is 11.8. The average Bonchev–Trinajstić information content (AvgIpc) is 2.78. The van der Waals surface area contributed by atoms with E-state index in [4.69, 9.17) is 21.1 Å². The third kappa shape index (κ3) is 6.18. The van der Waals surface area contributed by atoms with Crippen molar-refractivity contribution in [3.8, 4) is 5.75 Å². The molecule has 4 nitrogen and oxygen atoms in total. The summed E-state index contributed by atoms with van der Waals surface area (Å²) in [6.07, 6.45) is 2.46. The standard InChI is InChI=1S/C28H35ClO4/c1-6-7-26-23(19-8-11-21(29)12-9-19)15-22(18(4)5)27(33-26)24-14-20(28(30)31)10-13-25(24)32-16-17(2)3/h8-14,17,22-23,26-27H,4,6-7,15-16H2,1-3,5H3,(H,30,31)/t22-,23+,26+,27+/m1/s1. The third-order valence-corrected chi connectivity index (χ3v) is 6.54. The molecule has 178 valence electrons. The van der Waals surface area contributed by atoms with Gasteiger partial charge in [-0.2, -0.15) is 0 Å². The zero-order chi connectivity index (χ0) is 24.1. The molecule has 1 saturated heterocycles. The fourth-order valence-corrected chi connectivity index (χ4v) is 4.71. The predicted octanol–water partition coefficient (Wildman–Crippen LogP) is 7.68. The second-order valence-electron chi connectivity index (χ2n) is 9.49. The van der Waals surface area contributed by atoms with Gasteiger partial charge >= 0.3 is 5.97 Å². The predicted molar refractivity (Wildman–Crippen MR) is 133 cm³/mol. The Morgan fingerprint density at radius 3 is 2.52 bits per heavy atom. The van der Waals surface area contributed by atoms with Gasteiger partial charge in [0.1, 0.15) is 5.75 Å². The van der Waals surface area contributed by atoms with E-state index in [-0.39, 0.29) is 29.6 Å². The molecule has 0 aliphatic carbocycles. The lowest BCUT2D eigenvalue weighted by atomic mass is 9.74. The third-order valence-electron chi connectivity index (χ3n) is 6.28. The van der Waals surface area contributed by atoms with Gasteiger partial charge in [-0.3, -0.25) is 0 Å². The van der Waals surface area contributed by atoms with E-state index in [1.807, 2.05) is 19.1 Å². The molecule has 0 unspecified atom stereocenters. The molecule has 0 radical (unpaired) electrons. The lowest BCUT2D eigenvalue weighted by molar-refractivity contribution is -0.0932. The molecule has 2 aromatic rings. The lowest BCUT2D eigenvalue weighted by Crippen LogP contribution is -2.36. The van der Waals surface area contributed by atoms with E-state index in [1.165, 1.54) is 5.56 Å². The van der Waals surface area contributed by atoms with Crippen molar-refractivity contribution < 1.29 is 19.4 Å². The van der Waals surface area contributed by atoms with Crippen LogP contribution in [0.3, 0.4) is 0 Å². The van der Waals surface area contributed by atoms with Crippen molar-refractivity contribution in [2.24, 2.45) is 11.8 Å². The van der Waals surface area contributed by atoms with Gasteiger partial charge in [0, 0.05) is 22.4 Å². The zero-order valence-corrected chi connectivity index (χ0v) is 20.8. The Hall–Kier alpha value is -2.30. The maximum atomic E-state index is 11.8.